The van der Waals surface area contributed by atoms with Crippen molar-refractivity contribution < 1.29 is 29.0 Å². The van der Waals surface area contributed by atoms with Crippen LogP contribution in [-0.4, -0.2) is 47.1 Å². The summed E-state index contributed by atoms with van der Waals surface area (Å²) in [6.07, 6.45) is 2.83. The number of alkyl carbamates (subject to hydrolysis) is 1. The van der Waals surface area contributed by atoms with Crippen molar-refractivity contribution in [3.8, 4) is 0 Å². The number of hydrogen-bond acceptors (Lipinski definition) is 6. The molecule has 2 aliphatic carbocycles. The van der Waals surface area contributed by atoms with E-state index >= 15 is 0 Å². The number of rotatable bonds is 7. The molecule has 0 aromatic carbocycles. The molecule has 2 saturated carbocycles. The van der Waals surface area contributed by atoms with Gasteiger partial charge in [0.15, 0.2) is 0 Å². The highest BCUT2D eigenvalue weighted by Gasteiger charge is 2.60. The molecule has 0 radical (unpaired) electrons. The minimum absolute atomic E-state index is 0.0110. The van der Waals surface area contributed by atoms with Gasteiger partial charge in [0.1, 0.15) is 11.9 Å². The molecular formula is C24H38N2O6. The average Bonchev–Trinajstić information content (AvgIpc) is 3.24. The van der Waals surface area contributed by atoms with Crippen LogP contribution in [0.1, 0.15) is 65.6 Å². The van der Waals surface area contributed by atoms with Gasteiger partial charge in [-0.05, 0) is 68.9 Å². The zero-order valence-corrected chi connectivity index (χ0v) is 19.6. The zero-order chi connectivity index (χ0) is 23.5. The van der Waals surface area contributed by atoms with Crippen LogP contribution < -0.4 is 10.6 Å². The minimum atomic E-state index is -0.648. The topological polar surface area (TPSA) is 121 Å². The Morgan fingerprint density at radius 2 is 2.03 bits per heavy atom. The van der Waals surface area contributed by atoms with Gasteiger partial charge in [-0.2, -0.15) is 0 Å². The molecule has 0 spiro atoms. The average molecular weight is 451 g/mol. The van der Waals surface area contributed by atoms with Crippen molar-refractivity contribution in [1.82, 2.24) is 10.6 Å². The molecule has 3 rings (SSSR count). The number of nitrogens with one attached hydrogen (secondary N) is 2. The van der Waals surface area contributed by atoms with E-state index in [2.05, 4.69) is 17.6 Å². The first-order valence-electron chi connectivity index (χ1n) is 11.6. The van der Waals surface area contributed by atoms with Crippen molar-refractivity contribution >= 4 is 12.0 Å². The van der Waals surface area contributed by atoms with E-state index < -0.39 is 23.7 Å². The Morgan fingerprint density at radius 1 is 1.28 bits per heavy atom. The first kappa shape index (κ1) is 24.6. The smallest absolute Gasteiger partial charge is 0.407 e. The van der Waals surface area contributed by atoms with Crippen molar-refractivity contribution in [2.75, 3.05) is 6.61 Å². The Bertz CT molecular complexity index is 781. The molecule has 1 heterocycles. The van der Waals surface area contributed by atoms with Crippen LogP contribution in [0.4, 0.5) is 4.79 Å². The van der Waals surface area contributed by atoms with Crippen LogP contribution in [0.15, 0.2) is 22.8 Å². The van der Waals surface area contributed by atoms with E-state index in [1.165, 1.54) is 0 Å². The highest BCUT2D eigenvalue weighted by molar-refractivity contribution is 5.76. The summed E-state index contributed by atoms with van der Waals surface area (Å²) in [5, 5.41) is 26.9. The second-order valence-corrected chi connectivity index (χ2v) is 10.3. The third-order valence-electron chi connectivity index (χ3n) is 7.78. The molecule has 1 aromatic heterocycles. The largest absolute Gasteiger partial charge is 0.467 e. The van der Waals surface area contributed by atoms with Gasteiger partial charge in [0, 0.05) is 17.9 Å². The molecule has 6 atom stereocenters. The van der Waals surface area contributed by atoms with Gasteiger partial charge >= 0.3 is 6.09 Å². The number of ether oxygens (including phenoxy) is 1. The third kappa shape index (κ3) is 4.96. The maximum Gasteiger partial charge on any atom is 0.407 e. The number of furan rings is 1. The predicted molar refractivity (Wildman–Crippen MR) is 118 cm³/mol. The minimum Gasteiger partial charge on any atom is -0.467 e. The fourth-order valence-electron chi connectivity index (χ4n) is 6.05. The van der Waals surface area contributed by atoms with Gasteiger partial charge < -0.3 is 30.0 Å². The number of fused-ring (bicyclic) bond motifs is 1. The molecule has 4 N–H and O–H groups in total. The number of aliphatic hydroxyl groups excluding tert-OH is 2. The molecule has 180 valence electrons. The van der Waals surface area contributed by atoms with Crippen molar-refractivity contribution in [1.29, 1.82) is 0 Å². The van der Waals surface area contributed by atoms with E-state index in [1.807, 2.05) is 20.8 Å². The Kier molecular flexibility index (Phi) is 7.55. The lowest BCUT2D eigenvalue weighted by Crippen LogP contribution is -2.61. The van der Waals surface area contributed by atoms with Gasteiger partial charge in [-0.15, -0.1) is 0 Å². The van der Waals surface area contributed by atoms with Gasteiger partial charge in [-0.1, -0.05) is 13.8 Å². The van der Waals surface area contributed by atoms with Crippen molar-refractivity contribution in [2.24, 2.45) is 22.7 Å². The second kappa shape index (κ2) is 9.83. The van der Waals surface area contributed by atoms with Crippen LogP contribution in [0.25, 0.3) is 0 Å². The Balaban J connectivity index is 1.74. The Labute approximate surface area is 190 Å². The fraction of sp³-hybridized carbons (Fsp3) is 0.750. The lowest BCUT2D eigenvalue weighted by atomic mass is 9.46. The number of amides is 2. The van der Waals surface area contributed by atoms with Gasteiger partial charge in [0.25, 0.3) is 0 Å². The molecule has 0 bridgehead atoms. The van der Waals surface area contributed by atoms with E-state index in [1.54, 1.807) is 18.4 Å². The molecule has 2 amide bonds. The van der Waals surface area contributed by atoms with Gasteiger partial charge in [-0.3, -0.25) is 4.79 Å². The van der Waals surface area contributed by atoms with E-state index in [0.29, 0.717) is 38.0 Å². The molecule has 1 aromatic rings. The maximum atomic E-state index is 12.7. The van der Waals surface area contributed by atoms with Gasteiger partial charge in [-0.25, -0.2) is 4.79 Å². The van der Waals surface area contributed by atoms with Crippen molar-refractivity contribution in [3.05, 3.63) is 24.2 Å². The highest BCUT2D eigenvalue weighted by Crippen LogP contribution is 2.61. The molecule has 0 saturated heterocycles. The summed E-state index contributed by atoms with van der Waals surface area (Å²) in [6, 6.07) is 3.54. The first-order valence-corrected chi connectivity index (χ1v) is 11.6. The summed E-state index contributed by atoms with van der Waals surface area (Å²) in [4.78, 5) is 25.0. The van der Waals surface area contributed by atoms with Crippen LogP contribution in [0, 0.1) is 22.7 Å². The third-order valence-corrected chi connectivity index (χ3v) is 7.78. The first-order chi connectivity index (χ1) is 15.1. The monoisotopic (exact) mass is 450 g/mol. The van der Waals surface area contributed by atoms with Crippen LogP contribution >= 0.6 is 0 Å². The normalized spacial score (nSPS) is 34.6. The van der Waals surface area contributed by atoms with E-state index in [0.717, 1.165) is 0 Å². The zero-order valence-electron chi connectivity index (χ0n) is 19.6. The standard InChI is InChI=1S/C24H38N2O6/c1-15(2)26-22(30)32-20-9-10-23(3)17(12-21(29)25-13-16-6-5-11-31-16)18(28)7-8-19(23)24(20,4)14-27/h5-6,11,15,17-20,27-28H,7-10,12-14H2,1-4H3,(H,25,29)(H,26,30)/t17-,18-,19+,20+,23-,24+/m1/s1. The number of aliphatic hydroxyl groups is 2. The SMILES string of the molecule is CC(C)NC(=O)O[C@H]1CC[C@@]2(C)[C@H](CC[C@@H](O)[C@H]2CC(=O)NCc2ccco2)[C@]1(C)CO. The molecular weight excluding hydrogens is 412 g/mol. The summed E-state index contributed by atoms with van der Waals surface area (Å²) in [6.45, 7) is 8.00. The molecule has 8 nitrogen and oxygen atoms in total. The van der Waals surface area contributed by atoms with E-state index in [-0.39, 0.29) is 42.2 Å². The summed E-state index contributed by atoms with van der Waals surface area (Å²) >= 11 is 0. The number of carbonyl (C=O) groups is 2. The quantitative estimate of drug-likeness (QED) is 0.507. The lowest BCUT2D eigenvalue weighted by molar-refractivity contribution is -0.186. The van der Waals surface area contributed by atoms with Crippen molar-refractivity contribution in [2.45, 2.75) is 84.6 Å². The molecule has 0 unspecified atom stereocenters. The van der Waals surface area contributed by atoms with Gasteiger partial charge in [0.05, 0.1) is 25.5 Å². The van der Waals surface area contributed by atoms with Crippen LogP contribution in [0.5, 0.6) is 0 Å². The molecule has 2 aliphatic rings. The Morgan fingerprint density at radius 3 is 2.66 bits per heavy atom. The molecule has 0 aliphatic heterocycles. The van der Waals surface area contributed by atoms with Crippen LogP contribution in [-0.2, 0) is 16.1 Å². The Hall–Kier alpha value is -2.06. The summed E-state index contributed by atoms with van der Waals surface area (Å²) in [5.41, 5.74) is -1.00. The van der Waals surface area contributed by atoms with Gasteiger partial charge in [0.2, 0.25) is 5.91 Å². The maximum absolute atomic E-state index is 12.7. The summed E-state index contributed by atoms with van der Waals surface area (Å²) in [7, 11) is 0. The van der Waals surface area contributed by atoms with Crippen LogP contribution in [0.2, 0.25) is 0 Å². The van der Waals surface area contributed by atoms with Crippen molar-refractivity contribution in [3.63, 3.8) is 0 Å². The van der Waals surface area contributed by atoms with Crippen LogP contribution in [0.3, 0.4) is 0 Å². The number of carbonyl (C=O) groups excluding carboxylic acids is 2. The fourth-order valence-corrected chi connectivity index (χ4v) is 6.05. The summed E-state index contributed by atoms with van der Waals surface area (Å²) < 4.78 is 11.0. The van der Waals surface area contributed by atoms with E-state index in [9.17, 15) is 19.8 Å². The van der Waals surface area contributed by atoms with E-state index in [4.69, 9.17) is 9.15 Å². The molecule has 2 fully saturated rings. The predicted octanol–water partition coefficient (Wildman–Crippen LogP) is 2.97. The summed E-state index contributed by atoms with van der Waals surface area (Å²) in [5.74, 6) is 0.315. The molecule has 32 heavy (non-hydrogen) atoms. The second-order valence-electron chi connectivity index (χ2n) is 10.3. The number of hydrogen-bond donors (Lipinski definition) is 4. The molecule has 8 heteroatoms. The lowest BCUT2D eigenvalue weighted by Gasteiger charge is -2.60. The highest BCUT2D eigenvalue weighted by atomic mass is 16.6.